The molecule has 2 aliphatic carbocycles. The van der Waals surface area contributed by atoms with Crippen molar-refractivity contribution < 1.29 is 0 Å². The Hall–Kier alpha value is -9.05. The average Bonchev–Trinajstić information content (AvgIpc) is 3.93. The van der Waals surface area contributed by atoms with Crippen molar-refractivity contribution in [1.29, 1.82) is 0 Å². The first-order valence-corrected chi connectivity index (χ1v) is 23.3. The summed E-state index contributed by atoms with van der Waals surface area (Å²) in [5.41, 5.74) is 22.2. The molecule has 68 heavy (non-hydrogen) atoms. The highest BCUT2D eigenvalue weighted by molar-refractivity contribution is 6.20. The summed E-state index contributed by atoms with van der Waals surface area (Å²) in [6, 6.07) is 85.3. The van der Waals surface area contributed by atoms with E-state index in [9.17, 15) is 0 Å². The minimum Gasteiger partial charge on any atom is -0.208 e. The van der Waals surface area contributed by atoms with Crippen molar-refractivity contribution in [2.45, 2.75) is 0 Å². The first kappa shape index (κ1) is 38.2. The molecule has 314 valence electrons. The van der Waals surface area contributed by atoms with E-state index in [2.05, 4.69) is 224 Å². The maximum Gasteiger partial charge on any atom is 0.164 e. The zero-order valence-electron chi connectivity index (χ0n) is 36.9. The lowest BCUT2D eigenvalue weighted by molar-refractivity contribution is 1.07. The van der Waals surface area contributed by atoms with Gasteiger partial charge in [-0.15, -0.1) is 0 Å². The van der Waals surface area contributed by atoms with E-state index in [-0.39, 0.29) is 0 Å². The molecule has 0 amide bonds. The van der Waals surface area contributed by atoms with Crippen LogP contribution in [-0.4, -0.2) is 15.0 Å². The van der Waals surface area contributed by atoms with Gasteiger partial charge in [0.15, 0.2) is 17.5 Å². The number of nitrogens with zero attached hydrogens (tertiary/aromatic N) is 3. The third-order valence-electron chi connectivity index (χ3n) is 14.0. The molecule has 0 unspecified atom stereocenters. The van der Waals surface area contributed by atoms with Crippen LogP contribution in [0.25, 0.3) is 145 Å². The van der Waals surface area contributed by atoms with Gasteiger partial charge in [-0.25, -0.2) is 15.0 Å². The van der Waals surface area contributed by atoms with Crippen LogP contribution in [0.2, 0.25) is 0 Å². The fourth-order valence-electron chi connectivity index (χ4n) is 10.8. The van der Waals surface area contributed by atoms with Crippen LogP contribution in [0, 0.1) is 0 Å². The van der Waals surface area contributed by atoms with Crippen molar-refractivity contribution >= 4 is 21.5 Å². The first-order chi connectivity index (χ1) is 33.7. The number of hydrogen-bond donors (Lipinski definition) is 0. The highest BCUT2D eigenvalue weighted by Gasteiger charge is 2.25. The Morgan fingerprint density at radius 3 is 0.882 bits per heavy atom. The quantitative estimate of drug-likeness (QED) is 0.160. The zero-order chi connectivity index (χ0) is 44.7. The van der Waals surface area contributed by atoms with Crippen LogP contribution in [0.4, 0.5) is 0 Å². The van der Waals surface area contributed by atoms with Crippen LogP contribution in [0.5, 0.6) is 0 Å². The fourth-order valence-corrected chi connectivity index (χ4v) is 10.8. The van der Waals surface area contributed by atoms with Crippen LogP contribution in [0.3, 0.4) is 0 Å². The monoisotopic (exact) mass is 861 g/mol. The van der Waals surface area contributed by atoms with Gasteiger partial charge < -0.3 is 0 Å². The molecule has 0 spiro atoms. The van der Waals surface area contributed by atoms with E-state index in [1.165, 1.54) is 77.2 Å². The molecule has 1 aromatic heterocycles. The molecule has 0 N–H and O–H groups in total. The summed E-state index contributed by atoms with van der Waals surface area (Å²) in [5.74, 6) is 1.86. The maximum atomic E-state index is 5.37. The number of fused-ring (bicyclic) bond motifs is 6. The average molecular weight is 862 g/mol. The molecular formula is C65H39N3. The Labute approximate surface area is 394 Å². The summed E-state index contributed by atoms with van der Waals surface area (Å²) in [5, 5.41) is 5.04. The highest BCUT2D eigenvalue weighted by atomic mass is 15.0. The van der Waals surface area contributed by atoms with Gasteiger partial charge in [0.25, 0.3) is 0 Å². The molecule has 0 bridgehead atoms. The van der Waals surface area contributed by atoms with Gasteiger partial charge >= 0.3 is 0 Å². The second-order valence-electron chi connectivity index (χ2n) is 17.9. The van der Waals surface area contributed by atoms with Gasteiger partial charge in [0.05, 0.1) is 0 Å². The SMILES string of the molecule is c1ccc(-c2ccc(-c3nc(-c4ccc(-c5ccccc5)cc4)nc(-c4cc(-c5ccc6c7c(cccc57)-c5ccccc5-6)cc(-c5ccc6c7c(cccc57)-c5ccccc5-6)c4)n3)cc2)cc1. The van der Waals surface area contributed by atoms with Gasteiger partial charge in [-0.05, 0) is 129 Å². The Balaban J connectivity index is 0.993. The summed E-state index contributed by atoms with van der Waals surface area (Å²) in [4.78, 5) is 16.0. The molecule has 1 heterocycles. The molecule has 0 saturated heterocycles. The molecule has 0 saturated carbocycles. The Bertz CT molecular complexity index is 3670. The number of aromatic nitrogens is 3. The minimum atomic E-state index is 0.615. The lowest BCUT2D eigenvalue weighted by Gasteiger charge is -2.16. The lowest BCUT2D eigenvalue weighted by Crippen LogP contribution is -2.01. The van der Waals surface area contributed by atoms with Crippen molar-refractivity contribution in [1.82, 2.24) is 15.0 Å². The highest BCUT2D eigenvalue weighted by Crippen LogP contribution is 2.52. The van der Waals surface area contributed by atoms with Crippen molar-refractivity contribution in [3.8, 4) is 123 Å². The Morgan fingerprint density at radius 2 is 0.471 bits per heavy atom. The summed E-state index contributed by atoms with van der Waals surface area (Å²) in [7, 11) is 0. The normalized spacial score (nSPS) is 11.8. The molecule has 0 fully saturated rings. The zero-order valence-corrected chi connectivity index (χ0v) is 36.9. The molecule has 0 atom stereocenters. The fraction of sp³-hybridized carbons (Fsp3) is 0. The van der Waals surface area contributed by atoms with Crippen molar-refractivity contribution in [3.63, 3.8) is 0 Å². The van der Waals surface area contributed by atoms with E-state index in [1.54, 1.807) is 0 Å². The van der Waals surface area contributed by atoms with E-state index < -0.39 is 0 Å². The van der Waals surface area contributed by atoms with Gasteiger partial charge in [-0.1, -0.05) is 218 Å². The Morgan fingerprint density at radius 1 is 0.176 bits per heavy atom. The van der Waals surface area contributed by atoms with Gasteiger partial charge in [-0.3, -0.25) is 0 Å². The van der Waals surface area contributed by atoms with Gasteiger partial charge in [0.1, 0.15) is 0 Å². The summed E-state index contributed by atoms with van der Waals surface area (Å²) in [6.45, 7) is 0. The summed E-state index contributed by atoms with van der Waals surface area (Å²) >= 11 is 0. The van der Waals surface area contributed by atoms with E-state index in [4.69, 9.17) is 15.0 Å². The van der Waals surface area contributed by atoms with Gasteiger partial charge in [-0.2, -0.15) is 0 Å². The smallest absolute Gasteiger partial charge is 0.164 e. The van der Waals surface area contributed by atoms with Crippen LogP contribution in [-0.2, 0) is 0 Å². The molecule has 3 heteroatoms. The predicted octanol–water partition coefficient (Wildman–Crippen LogP) is 17.1. The van der Waals surface area contributed by atoms with Crippen molar-refractivity contribution in [3.05, 3.63) is 237 Å². The minimum absolute atomic E-state index is 0.615. The van der Waals surface area contributed by atoms with Gasteiger partial charge in [0.2, 0.25) is 0 Å². The van der Waals surface area contributed by atoms with Crippen LogP contribution in [0.1, 0.15) is 0 Å². The number of benzene rings is 11. The Kier molecular flexibility index (Phi) is 8.59. The first-order valence-electron chi connectivity index (χ1n) is 23.3. The molecule has 0 radical (unpaired) electrons. The van der Waals surface area contributed by atoms with E-state index >= 15 is 0 Å². The van der Waals surface area contributed by atoms with Gasteiger partial charge in [0, 0.05) is 16.7 Å². The summed E-state index contributed by atoms with van der Waals surface area (Å²) < 4.78 is 0. The molecule has 11 aromatic carbocycles. The number of hydrogen-bond acceptors (Lipinski definition) is 3. The largest absolute Gasteiger partial charge is 0.208 e. The standard InChI is InChI=1S/C65H39N3/c1-3-13-40(14-4-1)42-25-29-44(30-26-42)63-66-64(45-31-27-43(28-32-45)41-15-5-2-6-16-41)68-65(67-63)48-38-46(49-33-35-59-53-19-9-7-17-51(53)57-23-11-21-55(49)61(57)59)37-47(39-48)50-34-36-60-54-20-10-8-18-52(54)58-24-12-22-56(50)62(58)60/h1-39H. The third kappa shape index (κ3) is 6.10. The second-order valence-corrected chi connectivity index (χ2v) is 17.9. The van der Waals surface area contributed by atoms with E-state index in [1.807, 2.05) is 12.1 Å². The van der Waals surface area contributed by atoms with E-state index in [0.717, 1.165) is 50.1 Å². The topological polar surface area (TPSA) is 38.7 Å². The van der Waals surface area contributed by atoms with Crippen LogP contribution >= 0.6 is 0 Å². The predicted molar refractivity (Wildman–Crippen MR) is 282 cm³/mol. The number of rotatable bonds is 7. The van der Waals surface area contributed by atoms with Crippen molar-refractivity contribution in [2.24, 2.45) is 0 Å². The molecule has 2 aliphatic rings. The van der Waals surface area contributed by atoms with Crippen LogP contribution < -0.4 is 0 Å². The molecule has 3 nitrogen and oxygen atoms in total. The summed E-state index contributed by atoms with van der Waals surface area (Å²) in [6.07, 6.45) is 0. The maximum absolute atomic E-state index is 5.37. The van der Waals surface area contributed by atoms with Crippen LogP contribution in [0.15, 0.2) is 237 Å². The molecule has 14 rings (SSSR count). The van der Waals surface area contributed by atoms with E-state index in [0.29, 0.717) is 17.5 Å². The lowest BCUT2D eigenvalue weighted by atomic mass is 9.89. The molecule has 0 aliphatic heterocycles. The second kappa shape index (κ2) is 15.3. The molecule has 12 aromatic rings. The molecular weight excluding hydrogens is 823 g/mol. The third-order valence-corrected chi connectivity index (χ3v) is 14.0. The van der Waals surface area contributed by atoms with Crippen molar-refractivity contribution in [2.75, 3.05) is 0 Å².